The summed E-state index contributed by atoms with van der Waals surface area (Å²) in [5, 5.41) is 17.8. The summed E-state index contributed by atoms with van der Waals surface area (Å²) in [6.07, 6.45) is 3.26. The first-order chi connectivity index (χ1) is 4.69. The average Bonchev–Trinajstić information content (AvgIpc) is 2.36. The van der Waals surface area contributed by atoms with Crippen molar-refractivity contribution >= 4 is 0 Å². The van der Waals surface area contributed by atoms with E-state index in [0.29, 0.717) is 6.42 Å². The van der Waals surface area contributed by atoms with Crippen LogP contribution in [0, 0.1) is 0 Å². The third kappa shape index (κ3) is 1.15. The van der Waals surface area contributed by atoms with Gasteiger partial charge in [-0.05, 0) is 13.0 Å². The highest BCUT2D eigenvalue weighted by Crippen LogP contribution is 2.26. The molecule has 2 unspecified atom stereocenters. The van der Waals surface area contributed by atoms with Crippen molar-refractivity contribution in [1.29, 1.82) is 0 Å². The molecular formula is C7H12O3. The van der Waals surface area contributed by atoms with Crippen LogP contribution in [0.2, 0.25) is 0 Å². The molecule has 58 valence electrons. The highest BCUT2D eigenvalue weighted by molar-refractivity contribution is 4.99. The van der Waals surface area contributed by atoms with Gasteiger partial charge in [-0.15, -0.1) is 0 Å². The van der Waals surface area contributed by atoms with E-state index in [9.17, 15) is 5.11 Å². The van der Waals surface area contributed by atoms with E-state index in [1.807, 2.05) is 6.08 Å². The van der Waals surface area contributed by atoms with Crippen molar-refractivity contribution < 1.29 is 14.9 Å². The zero-order chi connectivity index (χ0) is 7.61. The number of hydrogen-bond acceptors (Lipinski definition) is 3. The maximum atomic E-state index is 9.20. The van der Waals surface area contributed by atoms with Crippen LogP contribution >= 0.6 is 0 Å². The SMILES string of the molecule is CC1(C(O)CO)CC=CO1. The molecule has 10 heavy (non-hydrogen) atoms. The number of aliphatic hydroxyl groups is 2. The van der Waals surface area contributed by atoms with Gasteiger partial charge in [-0.1, -0.05) is 0 Å². The van der Waals surface area contributed by atoms with Crippen LogP contribution in [0.15, 0.2) is 12.3 Å². The van der Waals surface area contributed by atoms with E-state index in [-0.39, 0.29) is 6.61 Å². The minimum Gasteiger partial charge on any atom is -0.492 e. The zero-order valence-corrected chi connectivity index (χ0v) is 5.95. The molecular weight excluding hydrogens is 132 g/mol. The number of ether oxygens (including phenoxy) is 1. The van der Waals surface area contributed by atoms with Gasteiger partial charge in [0.25, 0.3) is 0 Å². The third-order valence-electron chi connectivity index (χ3n) is 1.83. The van der Waals surface area contributed by atoms with Gasteiger partial charge in [-0.25, -0.2) is 0 Å². The second-order valence-corrected chi connectivity index (χ2v) is 2.70. The van der Waals surface area contributed by atoms with Gasteiger partial charge in [-0.2, -0.15) is 0 Å². The molecule has 0 bridgehead atoms. The lowest BCUT2D eigenvalue weighted by molar-refractivity contribution is -0.0768. The normalized spacial score (nSPS) is 33.9. The van der Waals surface area contributed by atoms with E-state index in [2.05, 4.69) is 0 Å². The lowest BCUT2D eigenvalue weighted by Gasteiger charge is -2.27. The standard InChI is InChI=1S/C7H12O3/c1-7(6(9)5-8)3-2-4-10-7/h2,4,6,8-9H,3,5H2,1H3. The molecule has 0 aromatic carbocycles. The van der Waals surface area contributed by atoms with E-state index < -0.39 is 11.7 Å². The second-order valence-electron chi connectivity index (χ2n) is 2.70. The minimum atomic E-state index is -0.789. The van der Waals surface area contributed by atoms with Crippen molar-refractivity contribution in [3.05, 3.63) is 12.3 Å². The summed E-state index contributed by atoms with van der Waals surface area (Å²) in [6, 6.07) is 0. The molecule has 1 heterocycles. The molecule has 3 heteroatoms. The molecule has 1 aliphatic heterocycles. The van der Waals surface area contributed by atoms with Crippen molar-refractivity contribution in [1.82, 2.24) is 0 Å². The van der Waals surface area contributed by atoms with Gasteiger partial charge in [0.15, 0.2) is 0 Å². The van der Waals surface area contributed by atoms with Gasteiger partial charge in [-0.3, -0.25) is 0 Å². The monoisotopic (exact) mass is 144 g/mol. The van der Waals surface area contributed by atoms with Crippen LogP contribution in [0.5, 0.6) is 0 Å². The fourth-order valence-electron chi connectivity index (χ4n) is 0.941. The van der Waals surface area contributed by atoms with Crippen molar-refractivity contribution in [2.24, 2.45) is 0 Å². The molecule has 0 saturated carbocycles. The van der Waals surface area contributed by atoms with Crippen molar-refractivity contribution in [2.45, 2.75) is 25.0 Å². The molecule has 0 saturated heterocycles. The quantitative estimate of drug-likeness (QED) is 0.575. The van der Waals surface area contributed by atoms with Gasteiger partial charge < -0.3 is 14.9 Å². The van der Waals surface area contributed by atoms with Crippen LogP contribution in [0.25, 0.3) is 0 Å². The maximum absolute atomic E-state index is 9.20. The molecule has 0 aliphatic carbocycles. The molecule has 3 nitrogen and oxygen atoms in total. The number of rotatable bonds is 2. The summed E-state index contributed by atoms with van der Waals surface area (Å²) < 4.78 is 5.10. The smallest absolute Gasteiger partial charge is 0.137 e. The van der Waals surface area contributed by atoms with Crippen LogP contribution in [-0.4, -0.2) is 28.5 Å². The largest absolute Gasteiger partial charge is 0.492 e. The Bertz CT molecular complexity index is 134. The molecule has 0 radical (unpaired) electrons. The molecule has 0 aromatic heterocycles. The lowest BCUT2D eigenvalue weighted by atomic mass is 9.97. The van der Waals surface area contributed by atoms with E-state index in [1.54, 1.807) is 13.2 Å². The molecule has 0 spiro atoms. The van der Waals surface area contributed by atoms with Gasteiger partial charge >= 0.3 is 0 Å². The van der Waals surface area contributed by atoms with Crippen LogP contribution in [0.3, 0.4) is 0 Å². The Kier molecular flexibility index (Phi) is 1.97. The van der Waals surface area contributed by atoms with Gasteiger partial charge in [0.05, 0.1) is 12.9 Å². The van der Waals surface area contributed by atoms with E-state index in [0.717, 1.165) is 0 Å². The average molecular weight is 144 g/mol. The zero-order valence-electron chi connectivity index (χ0n) is 5.95. The van der Waals surface area contributed by atoms with Crippen molar-refractivity contribution in [3.8, 4) is 0 Å². The van der Waals surface area contributed by atoms with Crippen LogP contribution in [0.1, 0.15) is 13.3 Å². The minimum absolute atomic E-state index is 0.252. The summed E-state index contributed by atoms with van der Waals surface area (Å²) in [4.78, 5) is 0. The Morgan fingerprint density at radius 2 is 2.50 bits per heavy atom. The maximum Gasteiger partial charge on any atom is 0.137 e. The summed E-state index contributed by atoms with van der Waals surface area (Å²) >= 11 is 0. The van der Waals surface area contributed by atoms with Gasteiger partial charge in [0, 0.05) is 6.42 Å². The first kappa shape index (κ1) is 7.57. The number of hydrogen-bond donors (Lipinski definition) is 2. The van der Waals surface area contributed by atoms with Crippen molar-refractivity contribution in [2.75, 3.05) is 6.61 Å². The van der Waals surface area contributed by atoms with Crippen LogP contribution in [-0.2, 0) is 4.74 Å². The summed E-state index contributed by atoms with van der Waals surface area (Å²) in [5.74, 6) is 0. The van der Waals surface area contributed by atoms with Crippen molar-refractivity contribution in [3.63, 3.8) is 0 Å². The molecule has 1 aliphatic rings. The molecule has 2 N–H and O–H groups in total. The van der Waals surface area contributed by atoms with E-state index >= 15 is 0 Å². The Morgan fingerprint density at radius 3 is 2.90 bits per heavy atom. The van der Waals surface area contributed by atoms with E-state index in [1.165, 1.54) is 0 Å². The topological polar surface area (TPSA) is 49.7 Å². The first-order valence-corrected chi connectivity index (χ1v) is 3.31. The number of aliphatic hydroxyl groups excluding tert-OH is 2. The van der Waals surface area contributed by atoms with E-state index in [4.69, 9.17) is 9.84 Å². The summed E-state index contributed by atoms with van der Waals surface area (Å²) in [7, 11) is 0. The molecule has 2 atom stereocenters. The van der Waals surface area contributed by atoms with Gasteiger partial charge in [0.2, 0.25) is 0 Å². The molecule has 0 fully saturated rings. The Labute approximate surface area is 59.9 Å². The first-order valence-electron chi connectivity index (χ1n) is 3.31. The molecule has 0 aromatic rings. The van der Waals surface area contributed by atoms with Gasteiger partial charge in [0.1, 0.15) is 11.7 Å². The molecule has 0 amide bonds. The fraction of sp³-hybridized carbons (Fsp3) is 0.714. The summed E-state index contributed by atoms with van der Waals surface area (Å²) in [5.41, 5.74) is -0.602. The summed E-state index contributed by atoms with van der Waals surface area (Å²) in [6.45, 7) is 1.52. The van der Waals surface area contributed by atoms with Crippen LogP contribution < -0.4 is 0 Å². The molecule has 1 rings (SSSR count). The lowest BCUT2D eigenvalue weighted by Crippen LogP contribution is -2.40. The van der Waals surface area contributed by atoms with Crippen LogP contribution in [0.4, 0.5) is 0 Å². The Balaban J connectivity index is 2.52. The predicted molar refractivity (Wildman–Crippen MR) is 36.3 cm³/mol. The Hall–Kier alpha value is -0.540. The third-order valence-corrected chi connectivity index (χ3v) is 1.83. The highest BCUT2D eigenvalue weighted by atomic mass is 16.5. The second kappa shape index (κ2) is 2.60. The Morgan fingerprint density at radius 1 is 1.80 bits per heavy atom. The fourth-order valence-corrected chi connectivity index (χ4v) is 0.941. The highest BCUT2D eigenvalue weighted by Gasteiger charge is 2.35. The predicted octanol–water partition coefficient (Wildman–Crippen LogP) is 0.0323.